The number of carbonyl (C=O) groups is 1. The van der Waals surface area contributed by atoms with Gasteiger partial charge in [-0.15, -0.1) is 0 Å². The lowest BCUT2D eigenvalue weighted by Gasteiger charge is -2.37. The standard InChI is InChI=1S/C14H23N5O/c1-14(5-7-19(2)8-6-14)10-17-13(20)11-3-4-12(18-15)16-9-11/h3-4,9H,5-8,10,15H2,1-2H3,(H,16,18)(H,17,20). The summed E-state index contributed by atoms with van der Waals surface area (Å²) >= 11 is 0. The summed E-state index contributed by atoms with van der Waals surface area (Å²) in [5, 5.41) is 3.01. The zero-order chi connectivity index (χ0) is 14.6. The molecule has 0 aromatic carbocycles. The molecule has 2 rings (SSSR count). The average Bonchev–Trinajstić information content (AvgIpc) is 2.48. The van der Waals surface area contributed by atoms with E-state index in [1.807, 2.05) is 0 Å². The summed E-state index contributed by atoms with van der Waals surface area (Å²) < 4.78 is 0. The number of anilines is 1. The Kier molecular flexibility index (Phi) is 4.57. The van der Waals surface area contributed by atoms with E-state index in [-0.39, 0.29) is 11.3 Å². The van der Waals surface area contributed by atoms with Gasteiger partial charge in [0.05, 0.1) is 5.56 Å². The van der Waals surface area contributed by atoms with E-state index in [1.54, 1.807) is 12.1 Å². The van der Waals surface area contributed by atoms with Gasteiger partial charge in [-0.1, -0.05) is 6.92 Å². The Hall–Kier alpha value is -1.66. The maximum atomic E-state index is 12.1. The summed E-state index contributed by atoms with van der Waals surface area (Å²) in [5.41, 5.74) is 3.18. The number of hydrogen-bond acceptors (Lipinski definition) is 5. The molecule has 0 radical (unpaired) electrons. The smallest absolute Gasteiger partial charge is 0.252 e. The van der Waals surface area contributed by atoms with Crippen molar-refractivity contribution in [1.29, 1.82) is 0 Å². The zero-order valence-electron chi connectivity index (χ0n) is 12.1. The molecule has 2 heterocycles. The first-order chi connectivity index (χ1) is 9.52. The molecule has 1 aromatic heterocycles. The first kappa shape index (κ1) is 14.7. The second-order valence-electron chi connectivity index (χ2n) is 5.87. The van der Waals surface area contributed by atoms with Crippen LogP contribution in [-0.4, -0.2) is 42.5 Å². The molecule has 1 aliphatic heterocycles. The first-order valence-electron chi connectivity index (χ1n) is 6.92. The second kappa shape index (κ2) is 6.19. The van der Waals surface area contributed by atoms with E-state index in [0.29, 0.717) is 17.9 Å². The van der Waals surface area contributed by atoms with Gasteiger partial charge >= 0.3 is 0 Å². The van der Waals surface area contributed by atoms with E-state index in [9.17, 15) is 4.79 Å². The summed E-state index contributed by atoms with van der Waals surface area (Å²) in [7, 11) is 2.14. The molecule has 0 aliphatic carbocycles. The fraction of sp³-hybridized carbons (Fsp3) is 0.571. The van der Waals surface area contributed by atoms with E-state index in [2.05, 4.69) is 34.6 Å². The molecule has 1 saturated heterocycles. The average molecular weight is 277 g/mol. The summed E-state index contributed by atoms with van der Waals surface area (Å²) in [6, 6.07) is 3.40. The monoisotopic (exact) mass is 277 g/mol. The number of hydrazine groups is 1. The largest absolute Gasteiger partial charge is 0.351 e. The van der Waals surface area contributed by atoms with Crippen molar-refractivity contribution in [2.75, 3.05) is 32.1 Å². The topological polar surface area (TPSA) is 83.3 Å². The van der Waals surface area contributed by atoms with Crippen molar-refractivity contribution in [3.63, 3.8) is 0 Å². The fourth-order valence-corrected chi connectivity index (χ4v) is 2.34. The second-order valence-corrected chi connectivity index (χ2v) is 5.87. The summed E-state index contributed by atoms with van der Waals surface area (Å²) in [6.07, 6.45) is 3.75. The van der Waals surface area contributed by atoms with Crippen molar-refractivity contribution in [3.05, 3.63) is 23.9 Å². The van der Waals surface area contributed by atoms with Gasteiger partial charge in [-0.05, 0) is 50.5 Å². The van der Waals surface area contributed by atoms with Crippen LogP contribution >= 0.6 is 0 Å². The lowest BCUT2D eigenvalue weighted by atomic mass is 9.80. The highest BCUT2D eigenvalue weighted by atomic mass is 16.1. The molecule has 0 spiro atoms. The Bertz CT molecular complexity index is 451. The summed E-state index contributed by atoms with van der Waals surface area (Å²) in [6.45, 7) is 5.12. The molecular weight excluding hydrogens is 254 g/mol. The Morgan fingerprint density at radius 3 is 2.70 bits per heavy atom. The quantitative estimate of drug-likeness (QED) is 0.561. The summed E-state index contributed by atoms with van der Waals surface area (Å²) in [5.74, 6) is 5.71. The molecule has 0 unspecified atom stereocenters. The van der Waals surface area contributed by atoms with E-state index in [1.165, 1.54) is 6.20 Å². The van der Waals surface area contributed by atoms with Gasteiger partial charge in [0.2, 0.25) is 0 Å². The van der Waals surface area contributed by atoms with Gasteiger partial charge in [0.1, 0.15) is 5.82 Å². The highest BCUT2D eigenvalue weighted by Gasteiger charge is 2.29. The van der Waals surface area contributed by atoms with Gasteiger partial charge in [-0.2, -0.15) is 0 Å². The molecule has 0 atom stereocenters. The van der Waals surface area contributed by atoms with Crippen LogP contribution in [0.4, 0.5) is 5.82 Å². The van der Waals surface area contributed by atoms with Crippen molar-refractivity contribution < 1.29 is 4.79 Å². The molecule has 110 valence electrons. The number of hydrogen-bond donors (Lipinski definition) is 3. The lowest BCUT2D eigenvalue weighted by molar-refractivity contribution is 0.0891. The van der Waals surface area contributed by atoms with Gasteiger partial charge in [0.15, 0.2) is 0 Å². The molecule has 20 heavy (non-hydrogen) atoms. The van der Waals surface area contributed by atoms with Crippen molar-refractivity contribution in [1.82, 2.24) is 15.2 Å². The van der Waals surface area contributed by atoms with Crippen LogP contribution in [0.25, 0.3) is 0 Å². The Morgan fingerprint density at radius 2 is 2.15 bits per heavy atom. The van der Waals surface area contributed by atoms with E-state index in [4.69, 9.17) is 5.84 Å². The Morgan fingerprint density at radius 1 is 1.45 bits per heavy atom. The number of nitrogens with two attached hydrogens (primary N) is 1. The third-order valence-corrected chi connectivity index (χ3v) is 4.04. The number of carbonyl (C=O) groups excluding carboxylic acids is 1. The number of nitrogens with zero attached hydrogens (tertiary/aromatic N) is 2. The summed E-state index contributed by atoms with van der Waals surface area (Å²) in [4.78, 5) is 18.4. The zero-order valence-corrected chi connectivity index (χ0v) is 12.1. The van der Waals surface area contributed by atoms with Crippen LogP contribution in [0, 0.1) is 5.41 Å². The number of piperidine rings is 1. The number of amides is 1. The predicted octanol–water partition coefficient (Wildman–Crippen LogP) is 0.829. The van der Waals surface area contributed by atoms with Crippen LogP contribution in [-0.2, 0) is 0 Å². The van der Waals surface area contributed by atoms with Crippen molar-refractivity contribution in [2.45, 2.75) is 19.8 Å². The molecule has 1 amide bonds. The van der Waals surface area contributed by atoms with Gasteiger partial charge in [-0.25, -0.2) is 10.8 Å². The van der Waals surface area contributed by atoms with Gasteiger partial charge in [0.25, 0.3) is 5.91 Å². The maximum absolute atomic E-state index is 12.1. The highest BCUT2D eigenvalue weighted by molar-refractivity contribution is 5.94. The van der Waals surface area contributed by atoms with Crippen molar-refractivity contribution in [3.8, 4) is 0 Å². The van der Waals surface area contributed by atoms with Crippen molar-refractivity contribution in [2.24, 2.45) is 11.3 Å². The molecule has 6 nitrogen and oxygen atoms in total. The number of rotatable bonds is 4. The molecule has 4 N–H and O–H groups in total. The molecule has 0 bridgehead atoms. The van der Waals surface area contributed by atoms with Crippen LogP contribution in [0.15, 0.2) is 18.3 Å². The number of likely N-dealkylation sites (tertiary alicyclic amines) is 1. The van der Waals surface area contributed by atoms with Gasteiger partial charge < -0.3 is 15.6 Å². The van der Waals surface area contributed by atoms with E-state index < -0.39 is 0 Å². The number of aromatic nitrogens is 1. The predicted molar refractivity (Wildman–Crippen MR) is 79.2 cm³/mol. The lowest BCUT2D eigenvalue weighted by Crippen LogP contribution is -2.43. The van der Waals surface area contributed by atoms with Crippen molar-refractivity contribution >= 4 is 11.7 Å². The minimum Gasteiger partial charge on any atom is -0.351 e. The van der Waals surface area contributed by atoms with Gasteiger partial charge in [-0.3, -0.25) is 4.79 Å². The van der Waals surface area contributed by atoms with Gasteiger partial charge in [0, 0.05) is 12.7 Å². The first-order valence-corrected chi connectivity index (χ1v) is 6.92. The van der Waals surface area contributed by atoms with Crippen LogP contribution < -0.4 is 16.6 Å². The number of pyridine rings is 1. The maximum Gasteiger partial charge on any atom is 0.252 e. The third kappa shape index (κ3) is 3.68. The van der Waals surface area contributed by atoms with E-state index in [0.717, 1.165) is 25.9 Å². The van der Waals surface area contributed by atoms with Crippen LogP contribution in [0.1, 0.15) is 30.1 Å². The molecule has 0 saturated carbocycles. The molecule has 1 fully saturated rings. The number of nitrogens with one attached hydrogen (secondary N) is 2. The highest BCUT2D eigenvalue weighted by Crippen LogP contribution is 2.29. The van der Waals surface area contributed by atoms with Crippen LogP contribution in [0.3, 0.4) is 0 Å². The Balaban J connectivity index is 1.88. The minimum atomic E-state index is -0.0822. The SMILES string of the molecule is CN1CCC(C)(CNC(=O)c2ccc(NN)nc2)CC1. The molecule has 1 aliphatic rings. The number of nitrogen functional groups attached to an aromatic ring is 1. The third-order valence-electron chi connectivity index (χ3n) is 4.04. The molecule has 6 heteroatoms. The fourth-order valence-electron chi connectivity index (χ4n) is 2.34. The molecule has 1 aromatic rings. The van der Waals surface area contributed by atoms with E-state index >= 15 is 0 Å². The van der Waals surface area contributed by atoms with Crippen LogP contribution in [0.5, 0.6) is 0 Å². The Labute approximate surface area is 119 Å². The minimum absolute atomic E-state index is 0.0822. The molecular formula is C14H23N5O. The van der Waals surface area contributed by atoms with Crippen LogP contribution in [0.2, 0.25) is 0 Å². The normalized spacial score (nSPS) is 18.6.